The van der Waals surface area contributed by atoms with Crippen LogP contribution in [0.4, 0.5) is 4.79 Å². The fraction of sp³-hybridized carbons (Fsp3) is 0.250. The van der Waals surface area contributed by atoms with Crippen molar-refractivity contribution >= 4 is 38.6 Å². The summed E-state index contributed by atoms with van der Waals surface area (Å²) in [6.45, 7) is 5.64. The third-order valence-electron chi connectivity index (χ3n) is 3.52. The minimum atomic E-state index is -0.438. The molecule has 0 radical (unpaired) electrons. The highest BCUT2D eigenvalue weighted by Gasteiger charge is 2.16. The smallest absolute Gasteiger partial charge is 0.368 e. The fourth-order valence-electron chi connectivity index (χ4n) is 2.50. The molecule has 0 aliphatic carbocycles. The van der Waals surface area contributed by atoms with Crippen LogP contribution in [0, 0.1) is 0 Å². The summed E-state index contributed by atoms with van der Waals surface area (Å²) in [5, 5.41) is 4.67. The Morgan fingerprint density at radius 3 is 2.17 bits per heavy atom. The van der Waals surface area contributed by atoms with Crippen LogP contribution in [-0.4, -0.2) is 10.9 Å². The van der Waals surface area contributed by atoms with Gasteiger partial charge in [-0.05, 0) is 71.8 Å². The Bertz CT molecular complexity index is 862. The SMILES string of the molecule is CC(C)(C)OC(=O)SCc1ccc2cc3ccccc3cc2c1. The summed E-state index contributed by atoms with van der Waals surface area (Å²) >= 11 is 1.21. The number of carbonyl (C=O) groups is 1. The van der Waals surface area contributed by atoms with Crippen molar-refractivity contribution in [2.24, 2.45) is 0 Å². The molecular weight excluding hydrogens is 304 g/mol. The molecular formula is C20H20O2S. The molecule has 0 amide bonds. The average Bonchev–Trinajstić information content (AvgIpc) is 2.49. The van der Waals surface area contributed by atoms with Gasteiger partial charge >= 0.3 is 5.30 Å². The van der Waals surface area contributed by atoms with Gasteiger partial charge in [-0.2, -0.15) is 0 Å². The van der Waals surface area contributed by atoms with Crippen LogP contribution < -0.4 is 0 Å². The highest BCUT2D eigenvalue weighted by molar-refractivity contribution is 8.12. The van der Waals surface area contributed by atoms with Gasteiger partial charge < -0.3 is 4.74 Å². The molecule has 0 N–H and O–H groups in total. The van der Waals surface area contributed by atoms with Gasteiger partial charge in [0, 0.05) is 5.75 Å². The summed E-state index contributed by atoms with van der Waals surface area (Å²) in [6, 6.07) is 19.1. The summed E-state index contributed by atoms with van der Waals surface area (Å²) in [4.78, 5) is 11.8. The maximum absolute atomic E-state index is 11.8. The van der Waals surface area contributed by atoms with Gasteiger partial charge in [-0.1, -0.05) is 42.5 Å². The fourth-order valence-corrected chi connectivity index (χ4v) is 3.27. The quantitative estimate of drug-likeness (QED) is 0.417. The molecule has 3 rings (SSSR count). The molecule has 118 valence electrons. The van der Waals surface area contributed by atoms with E-state index < -0.39 is 5.60 Å². The molecule has 0 bridgehead atoms. The Morgan fingerprint density at radius 1 is 0.913 bits per heavy atom. The topological polar surface area (TPSA) is 26.3 Å². The minimum absolute atomic E-state index is 0.226. The number of rotatable bonds is 2. The van der Waals surface area contributed by atoms with Crippen molar-refractivity contribution in [3.05, 3.63) is 60.2 Å². The van der Waals surface area contributed by atoms with Gasteiger partial charge in [0.05, 0.1) is 0 Å². The standard InChI is InChI=1S/C20H20O2S/c1-20(2,3)22-19(21)23-13-14-8-9-17-11-15-6-4-5-7-16(15)12-18(17)10-14/h4-12H,13H2,1-3H3. The molecule has 23 heavy (non-hydrogen) atoms. The molecule has 0 heterocycles. The first-order valence-corrected chi connectivity index (χ1v) is 8.66. The molecule has 0 aromatic heterocycles. The van der Waals surface area contributed by atoms with Crippen LogP contribution in [0.2, 0.25) is 0 Å². The zero-order valence-electron chi connectivity index (χ0n) is 13.6. The van der Waals surface area contributed by atoms with Gasteiger partial charge in [-0.3, -0.25) is 0 Å². The Kier molecular flexibility index (Phi) is 4.31. The maximum Gasteiger partial charge on any atom is 0.368 e. The van der Waals surface area contributed by atoms with E-state index in [-0.39, 0.29) is 5.30 Å². The van der Waals surface area contributed by atoms with E-state index in [0.717, 1.165) is 5.56 Å². The van der Waals surface area contributed by atoms with Crippen LogP contribution >= 0.6 is 11.8 Å². The average molecular weight is 324 g/mol. The van der Waals surface area contributed by atoms with E-state index in [2.05, 4.69) is 54.6 Å². The minimum Gasteiger partial charge on any atom is -0.452 e. The van der Waals surface area contributed by atoms with Crippen LogP contribution in [-0.2, 0) is 10.5 Å². The van der Waals surface area contributed by atoms with Crippen molar-refractivity contribution in [2.45, 2.75) is 32.1 Å². The first-order valence-electron chi connectivity index (χ1n) is 7.68. The molecule has 0 unspecified atom stereocenters. The summed E-state index contributed by atoms with van der Waals surface area (Å²) in [5.74, 6) is 0.623. The second kappa shape index (κ2) is 6.25. The Morgan fingerprint density at radius 2 is 1.52 bits per heavy atom. The molecule has 0 atom stereocenters. The third-order valence-corrected chi connectivity index (χ3v) is 4.31. The van der Waals surface area contributed by atoms with Crippen LogP contribution in [0.25, 0.3) is 21.5 Å². The predicted octanol–water partition coefficient (Wildman–Crippen LogP) is 6.16. The van der Waals surface area contributed by atoms with Crippen LogP contribution in [0.5, 0.6) is 0 Å². The van der Waals surface area contributed by atoms with Gasteiger partial charge in [0.25, 0.3) is 0 Å². The summed E-state index contributed by atoms with van der Waals surface area (Å²) in [6.07, 6.45) is 0. The lowest BCUT2D eigenvalue weighted by atomic mass is 10.0. The highest BCUT2D eigenvalue weighted by Crippen LogP contribution is 2.26. The van der Waals surface area contributed by atoms with Crippen molar-refractivity contribution in [2.75, 3.05) is 0 Å². The summed E-state index contributed by atoms with van der Waals surface area (Å²) in [5.41, 5.74) is 0.690. The van der Waals surface area contributed by atoms with Crippen LogP contribution in [0.15, 0.2) is 54.6 Å². The van der Waals surface area contributed by atoms with Gasteiger partial charge in [0.1, 0.15) is 5.60 Å². The van der Waals surface area contributed by atoms with Crippen molar-refractivity contribution in [1.29, 1.82) is 0 Å². The van der Waals surface area contributed by atoms with E-state index in [4.69, 9.17) is 4.74 Å². The van der Waals surface area contributed by atoms with Crippen molar-refractivity contribution < 1.29 is 9.53 Å². The summed E-state index contributed by atoms with van der Waals surface area (Å²) in [7, 11) is 0. The number of ether oxygens (including phenoxy) is 1. The number of hydrogen-bond acceptors (Lipinski definition) is 3. The van der Waals surface area contributed by atoms with E-state index in [1.165, 1.54) is 33.3 Å². The zero-order chi connectivity index (χ0) is 16.4. The molecule has 0 spiro atoms. The Labute approximate surface area is 140 Å². The molecule has 0 aliphatic rings. The van der Waals surface area contributed by atoms with Crippen LogP contribution in [0.3, 0.4) is 0 Å². The van der Waals surface area contributed by atoms with E-state index in [0.29, 0.717) is 5.75 Å². The monoisotopic (exact) mass is 324 g/mol. The molecule has 0 fully saturated rings. The van der Waals surface area contributed by atoms with E-state index in [1.54, 1.807) is 0 Å². The van der Waals surface area contributed by atoms with Crippen molar-refractivity contribution in [3.63, 3.8) is 0 Å². The molecule has 3 heteroatoms. The Balaban J connectivity index is 1.80. The van der Waals surface area contributed by atoms with Crippen molar-refractivity contribution in [1.82, 2.24) is 0 Å². The predicted molar refractivity (Wildman–Crippen MR) is 99.0 cm³/mol. The van der Waals surface area contributed by atoms with Gasteiger partial charge in [-0.15, -0.1) is 0 Å². The molecule has 3 aromatic rings. The van der Waals surface area contributed by atoms with Crippen molar-refractivity contribution in [3.8, 4) is 0 Å². The molecule has 3 aromatic carbocycles. The lowest BCUT2D eigenvalue weighted by Crippen LogP contribution is -2.21. The lowest BCUT2D eigenvalue weighted by molar-refractivity contribution is 0.0738. The maximum atomic E-state index is 11.8. The third kappa shape index (κ3) is 4.05. The van der Waals surface area contributed by atoms with Crippen LogP contribution in [0.1, 0.15) is 26.3 Å². The second-order valence-electron chi connectivity index (χ2n) is 6.63. The van der Waals surface area contributed by atoms with E-state index in [1.807, 2.05) is 20.8 Å². The molecule has 2 nitrogen and oxygen atoms in total. The normalized spacial score (nSPS) is 11.8. The number of carbonyl (C=O) groups excluding carboxylic acids is 1. The first-order chi connectivity index (χ1) is 10.9. The summed E-state index contributed by atoms with van der Waals surface area (Å²) < 4.78 is 5.33. The largest absolute Gasteiger partial charge is 0.452 e. The van der Waals surface area contributed by atoms with Gasteiger partial charge in [0.2, 0.25) is 0 Å². The number of hydrogen-bond donors (Lipinski definition) is 0. The molecule has 0 saturated heterocycles. The molecule has 0 aliphatic heterocycles. The van der Waals surface area contributed by atoms with Gasteiger partial charge in [-0.25, -0.2) is 4.79 Å². The number of benzene rings is 3. The molecule has 0 saturated carbocycles. The number of thioether (sulfide) groups is 1. The number of fused-ring (bicyclic) bond motifs is 2. The second-order valence-corrected chi connectivity index (χ2v) is 7.54. The first kappa shape index (κ1) is 15.9. The lowest BCUT2D eigenvalue weighted by Gasteiger charge is -2.18. The van der Waals surface area contributed by atoms with Gasteiger partial charge in [0.15, 0.2) is 0 Å². The van der Waals surface area contributed by atoms with E-state index in [9.17, 15) is 4.79 Å². The highest BCUT2D eigenvalue weighted by atomic mass is 32.2. The Hall–Kier alpha value is -2.00. The zero-order valence-corrected chi connectivity index (χ0v) is 14.4. The van der Waals surface area contributed by atoms with E-state index >= 15 is 0 Å².